The van der Waals surface area contributed by atoms with E-state index < -0.39 is 10.0 Å². The molecule has 1 aromatic carbocycles. The van der Waals surface area contributed by atoms with Crippen LogP contribution in [0.4, 0.5) is 5.69 Å². The molecule has 0 atom stereocenters. The number of aromatic nitrogens is 1. The lowest BCUT2D eigenvalue weighted by atomic mass is 10.1. The Labute approximate surface area is 137 Å². The summed E-state index contributed by atoms with van der Waals surface area (Å²) < 4.78 is 23.0. The Hall–Kier alpha value is -2.03. The highest BCUT2D eigenvalue weighted by Crippen LogP contribution is 2.42. The SMILES string of the molecule is NS(=O)(=O)c1ccc2c(c1)/C(=C/c1csc(C3CC3)n1)C(=O)N2. The number of primary sulfonamides is 1. The van der Waals surface area contributed by atoms with Crippen LogP contribution in [-0.4, -0.2) is 19.3 Å². The lowest BCUT2D eigenvalue weighted by Crippen LogP contribution is -2.12. The largest absolute Gasteiger partial charge is 0.321 e. The smallest absolute Gasteiger partial charge is 0.256 e. The summed E-state index contributed by atoms with van der Waals surface area (Å²) in [5.41, 5.74) is 2.22. The number of nitrogens with two attached hydrogens (primary N) is 1. The molecule has 0 bridgehead atoms. The summed E-state index contributed by atoms with van der Waals surface area (Å²) in [4.78, 5) is 16.7. The standard InChI is InChI=1S/C15H13N3O3S2/c16-23(20,21)10-3-4-13-11(6-10)12(14(19)18-13)5-9-7-22-15(17-9)8-1-2-8/h3-8H,1-2H2,(H,18,19)(H2,16,20,21)/b12-5-. The van der Waals surface area contributed by atoms with Crippen molar-refractivity contribution in [3.63, 3.8) is 0 Å². The molecule has 2 heterocycles. The average molecular weight is 347 g/mol. The summed E-state index contributed by atoms with van der Waals surface area (Å²) in [6.07, 6.45) is 4.03. The van der Waals surface area contributed by atoms with Gasteiger partial charge in [-0.05, 0) is 37.1 Å². The molecule has 23 heavy (non-hydrogen) atoms. The Morgan fingerprint density at radius 3 is 2.83 bits per heavy atom. The Morgan fingerprint density at radius 2 is 2.13 bits per heavy atom. The molecule has 3 N–H and O–H groups in total. The second kappa shape index (κ2) is 4.98. The van der Waals surface area contributed by atoms with E-state index in [-0.39, 0.29) is 10.8 Å². The molecular formula is C15H13N3O3S2. The van der Waals surface area contributed by atoms with Crippen molar-refractivity contribution in [3.8, 4) is 0 Å². The van der Waals surface area contributed by atoms with Crippen molar-refractivity contribution in [3.05, 3.63) is 39.8 Å². The molecule has 0 radical (unpaired) electrons. The van der Waals surface area contributed by atoms with Crippen LogP contribution in [0.1, 0.15) is 35.0 Å². The van der Waals surface area contributed by atoms with Crippen LogP contribution in [0.2, 0.25) is 0 Å². The number of hydrogen-bond acceptors (Lipinski definition) is 5. The maximum absolute atomic E-state index is 12.2. The van der Waals surface area contributed by atoms with E-state index in [2.05, 4.69) is 10.3 Å². The topological polar surface area (TPSA) is 102 Å². The van der Waals surface area contributed by atoms with Gasteiger partial charge in [-0.15, -0.1) is 11.3 Å². The quantitative estimate of drug-likeness (QED) is 0.831. The van der Waals surface area contributed by atoms with Crippen LogP contribution in [0.25, 0.3) is 11.6 Å². The summed E-state index contributed by atoms with van der Waals surface area (Å²) in [5, 5.41) is 10.9. The molecule has 1 aliphatic carbocycles. The van der Waals surface area contributed by atoms with Gasteiger partial charge in [0.1, 0.15) is 0 Å². The summed E-state index contributed by atoms with van der Waals surface area (Å²) in [6.45, 7) is 0. The first-order valence-electron chi connectivity index (χ1n) is 7.07. The highest BCUT2D eigenvalue weighted by Gasteiger charge is 2.28. The molecule has 2 aliphatic rings. The predicted octanol–water partition coefficient (Wildman–Crippen LogP) is 2.16. The minimum absolute atomic E-state index is 0.0180. The number of thiazole rings is 1. The molecular weight excluding hydrogens is 334 g/mol. The van der Waals surface area contributed by atoms with E-state index in [0.29, 0.717) is 22.7 Å². The predicted molar refractivity (Wildman–Crippen MR) is 88.4 cm³/mol. The van der Waals surface area contributed by atoms with Crippen LogP contribution in [0.3, 0.4) is 0 Å². The van der Waals surface area contributed by atoms with Crippen LogP contribution in [0.15, 0.2) is 28.5 Å². The van der Waals surface area contributed by atoms with Gasteiger partial charge in [0.2, 0.25) is 10.0 Å². The Balaban J connectivity index is 1.77. The first-order chi connectivity index (χ1) is 10.9. The van der Waals surface area contributed by atoms with Gasteiger partial charge in [0.15, 0.2) is 0 Å². The van der Waals surface area contributed by atoms with Crippen molar-refractivity contribution >= 4 is 44.6 Å². The molecule has 4 rings (SSSR count). The Morgan fingerprint density at radius 1 is 1.35 bits per heavy atom. The average Bonchev–Trinajstić information content (AvgIpc) is 3.15. The van der Waals surface area contributed by atoms with Crippen molar-refractivity contribution in [2.45, 2.75) is 23.7 Å². The fourth-order valence-corrected chi connectivity index (χ4v) is 4.01. The van der Waals surface area contributed by atoms with Gasteiger partial charge >= 0.3 is 0 Å². The van der Waals surface area contributed by atoms with Crippen LogP contribution in [0.5, 0.6) is 0 Å². The molecule has 1 aliphatic heterocycles. The van der Waals surface area contributed by atoms with E-state index in [9.17, 15) is 13.2 Å². The number of carbonyl (C=O) groups is 1. The summed E-state index contributed by atoms with van der Waals surface area (Å²) >= 11 is 1.59. The summed E-state index contributed by atoms with van der Waals surface area (Å²) in [5.74, 6) is 0.290. The van der Waals surface area contributed by atoms with Crippen molar-refractivity contribution in [1.82, 2.24) is 4.98 Å². The Kier molecular flexibility index (Phi) is 3.15. The van der Waals surface area contributed by atoms with Crippen LogP contribution < -0.4 is 10.5 Å². The number of carbonyl (C=O) groups excluding carboxylic acids is 1. The van der Waals surface area contributed by atoms with Gasteiger partial charge in [-0.25, -0.2) is 18.5 Å². The molecule has 0 unspecified atom stereocenters. The summed E-state index contributed by atoms with van der Waals surface area (Å²) in [6, 6.07) is 4.35. The van der Waals surface area contributed by atoms with Crippen molar-refractivity contribution < 1.29 is 13.2 Å². The number of rotatable bonds is 3. The number of nitrogens with one attached hydrogen (secondary N) is 1. The van der Waals surface area contributed by atoms with Crippen LogP contribution >= 0.6 is 11.3 Å². The van der Waals surface area contributed by atoms with Crippen LogP contribution in [0, 0.1) is 0 Å². The second-order valence-corrected chi connectivity index (χ2v) is 8.10. The van der Waals surface area contributed by atoms with Gasteiger partial charge in [0.05, 0.1) is 21.2 Å². The van der Waals surface area contributed by atoms with Gasteiger partial charge in [-0.1, -0.05) is 0 Å². The molecule has 0 spiro atoms. The lowest BCUT2D eigenvalue weighted by Gasteiger charge is -2.02. The number of nitrogens with zero attached hydrogens (tertiary/aromatic N) is 1. The third-order valence-corrected chi connectivity index (χ3v) is 5.80. The number of hydrogen-bond donors (Lipinski definition) is 2. The molecule has 1 aromatic heterocycles. The number of fused-ring (bicyclic) bond motifs is 1. The zero-order valence-electron chi connectivity index (χ0n) is 11.9. The number of amides is 1. The second-order valence-electron chi connectivity index (χ2n) is 5.65. The van der Waals surface area contributed by atoms with Gasteiger partial charge in [-0.3, -0.25) is 4.79 Å². The molecule has 1 amide bonds. The van der Waals surface area contributed by atoms with E-state index in [0.717, 1.165) is 10.7 Å². The van der Waals surface area contributed by atoms with Crippen molar-refractivity contribution in [2.24, 2.45) is 5.14 Å². The number of sulfonamides is 1. The number of benzene rings is 1. The summed E-state index contributed by atoms with van der Waals surface area (Å²) in [7, 11) is -3.82. The third kappa shape index (κ3) is 2.69. The fraction of sp³-hybridized carbons (Fsp3) is 0.200. The van der Waals surface area contributed by atoms with E-state index in [4.69, 9.17) is 5.14 Å². The lowest BCUT2D eigenvalue weighted by molar-refractivity contribution is -0.110. The zero-order chi connectivity index (χ0) is 16.2. The van der Waals surface area contributed by atoms with Gasteiger partial charge in [0, 0.05) is 22.5 Å². The monoisotopic (exact) mass is 347 g/mol. The molecule has 1 saturated carbocycles. The normalized spacial score (nSPS) is 19.0. The van der Waals surface area contributed by atoms with Crippen molar-refractivity contribution in [1.29, 1.82) is 0 Å². The van der Waals surface area contributed by atoms with E-state index in [1.54, 1.807) is 23.5 Å². The molecule has 6 nitrogen and oxygen atoms in total. The first-order valence-corrected chi connectivity index (χ1v) is 9.50. The van der Waals surface area contributed by atoms with Gasteiger partial charge < -0.3 is 5.32 Å². The Bertz CT molecular complexity index is 956. The van der Waals surface area contributed by atoms with Gasteiger partial charge in [-0.2, -0.15) is 0 Å². The highest BCUT2D eigenvalue weighted by atomic mass is 32.2. The molecule has 118 valence electrons. The highest BCUT2D eigenvalue weighted by molar-refractivity contribution is 7.89. The number of anilines is 1. The third-order valence-electron chi connectivity index (χ3n) is 3.86. The molecule has 1 fully saturated rings. The van der Waals surface area contributed by atoms with Crippen molar-refractivity contribution in [2.75, 3.05) is 5.32 Å². The van der Waals surface area contributed by atoms with E-state index >= 15 is 0 Å². The first kappa shape index (κ1) is 14.6. The maximum atomic E-state index is 12.2. The maximum Gasteiger partial charge on any atom is 0.256 e. The fourth-order valence-electron chi connectivity index (χ4n) is 2.52. The molecule has 2 aromatic rings. The van der Waals surface area contributed by atoms with E-state index in [1.165, 1.54) is 25.0 Å². The van der Waals surface area contributed by atoms with Gasteiger partial charge in [0.25, 0.3) is 5.91 Å². The molecule has 8 heteroatoms. The minimum atomic E-state index is -3.82. The zero-order valence-corrected chi connectivity index (χ0v) is 13.6. The van der Waals surface area contributed by atoms with E-state index in [1.807, 2.05) is 5.38 Å². The van der Waals surface area contributed by atoms with Crippen LogP contribution in [-0.2, 0) is 14.8 Å². The minimum Gasteiger partial charge on any atom is -0.321 e. The molecule has 0 saturated heterocycles.